The van der Waals surface area contributed by atoms with Crippen molar-refractivity contribution in [1.82, 2.24) is 25.9 Å². The molecule has 12 nitrogen and oxygen atoms in total. The van der Waals surface area contributed by atoms with Crippen LogP contribution < -0.4 is 31.5 Å². The summed E-state index contributed by atoms with van der Waals surface area (Å²) < 4.78 is 0.676. The Balaban J connectivity index is 1.26. The largest absolute Gasteiger partial charge is 0.369 e. The Morgan fingerprint density at radius 2 is 2.11 bits per heavy atom. The summed E-state index contributed by atoms with van der Waals surface area (Å²) in [5.74, 6) is 1.10. The van der Waals surface area contributed by atoms with Gasteiger partial charge < -0.3 is 26.6 Å². The Kier molecular flexibility index (Phi) is 8.02. The number of aromatic nitrogens is 2. The van der Waals surface area contributed by atoms with Gasteiger partial charge in [-0.1, -0.05) is 17.8 Å². The maximum Gasteiger partial charge on any atom is 0.329 e. The number of nitrogens with one attached hydrogen (secondary N) is 5. The number of hydrogen-bond acceptors (Lipinski definition) is 9. The van der Waals surface area contributed by atoms with Crippen LogP contribution >= 0.6 is 27.7 Å². The standard InChI is InChI=1S/C21H23BrN8O4S/c22-15-9-25-19(27-12-3-1-4-14(7-12)30-17(32)10-26-20(30)33)29-18(15)24-6-2-5-23-16(31)8-13-11-35-21(34)28-13/h1,3-4,7,9,13H,2,5-6,8,10-11H2,(H,23,31)(H,26,33)(H,28,34)(H2,24,25,27,29)/t13-/m1/s1. The van der Waals surface area contributed by atoms with Gasteiger partial charge >= 0.3 is 6.03 Å². The number of amides is 5. The first-order valence-electron chi connectivity index (χ1n) is 10.8. The van der Waals surface area contributed by atoms with Crippen LogP contribution in [0.15, 0.2) is 34.9 Å². The summed E-state index contributed by atoms with van der Waals surface area (Å²) in [5, 5.41) is 14.3. The molecule has 5 N–H and O–H groups in total. The Morgan fingerprint density at radius 3 is 2.86 bits per heavy atom. The van der Waals surface area contributed by atoms with Crippen LogP contribution in [0.1, 0.15) is 12.8 Å². The fourth-order valence-corrected chi connectivity index (χ4v) is 4.58. The number of anilines is 4. The molecule has 5 amide bonds. The summed E-state index contributed by atoms with van der Waals surface area (Å²) in [7, 11) is 0. The highest BCUT2D eigenvalue weighted by molar-refractivity contribution is 9.10. The summed E-state index contributed by atoms with van der Waals surface area (Å²) in [6.45, 7) is 1.03. The van der Waals surface area contributed by atoms with E-state index in [9.17, 15) is 19.2 Å². The molecule has 35 heavy (non-hydrogen) atoms. The van der Waals surface area contributed by atoms with Crippen molar-refractivity contribution in [2.24, 2.45) is 0 Å². The van der Waals surface area contributed by atoms with Gasteiger partial charge in [-0.15, -0.1) is 0 Å². The van der Waals surface area contributed by atoms with Crippen LogP contribution in [0.5, 0.6) is 0 Å². The molecular formula is C21H23BrN8O4S. The molecule has 2 aromatic rings. The third kappa shape index (κ3) is 6.60. The highest BCUT2D eigenvalue weighted by Gasteiger charge is 2.30. The monoisotopic (exact) mass is 562 g/mol. The second-order valence-corrected chi connectivity index (χ2v) is 9.57. The molecule has 1 atom stereocenters. The number of imide groups is 1. The van der Waals surface area contributed by atoms with Gasteiger partial charge in [0, 0.05) is 43.2 Å². The van der Waals surface area contributed by atoms with Crippen molar-refractivity contribution >= 4 is 73.9 Å². The molecule has 184 valence electrons. The van der Waals surface area contributed by atoms with Crippen molar-refractivity contribution in [1.29, 1.82) is 0 Å². The third-order valence-corrected chi connectivity index (χ3v) is 6.61. The van der Waals surface area contributed by atoms with Gasteiger partial charge in [-0.3, -0.25) is 14.4 Å². The summed E-state index contributed by atoms with van der Waals surface area (Å²) in [5.41, 5.74) is 1.06. The van der Waals surface area contributed by atoms with E-state index in [1.54, 1.807) is 30.5 Å². The number of hydrogen-bond donors (Lipinski definition) is 5. The van der Waals surface area contributed by atoms with E-state index in [1.807, 2.05) is 0 Å². The summed E-state index contributed by atoms with van der Waals surface area (Å²) >= 11 is 4.61. The number of halogens is 1. The lowest BCUT2D eigenvalue weighted by Crippen LogP contribution is -2.34. The topological polar surface area (TPSA) is 157 Å². The molecule has 0 saturated carbocycles. The van der Waals surface area contributed by atoms with Gasteiger partial charge in [0.1, 0.15) is 5.82 Å². The van der Waals surface area contributed by atoms with E-state index in [4.69, 9.17) is 0 Å². The van der Waals surface area contributed by atoms with Crippen LogP contribution in [-0.2, 0) is 9.59 Å². The minimum Gasteiger partial charge on any atom is -0.369 e. The molecule has 3 heterocycles. The fourth-order valence-electron chi connectivity index (χ4n) is 3.44. The quantitative estimate of drug-likeness (QED) is 0.216. The van der Waals surface area contributed by atoms with Crippen molar-refractivity contribution < 1.29 is 19.2 Å². The van der Waals surface area contributed by atoms with Crippen LogP contribution in [0, 0.1) is 0 Å². The highest BCUT2D eigenvalue weighted by Crippen LogP contribution is 2.25. The molecule has 0 spiro atoms. The first kappa shape index (κ1) is 24.7. The zero-order valence-corrected chi connectivity index (χ0v) is 20.9. The number of carbonyl (C=O) groups is 4. The maximum absolute atomic E-state index is 12.0. The van der Waals surface area contributed by atoms with Gasteiger partial charge in [0.05, 0.1) is 16.7 Å². The maximum atomic E-state index is 12.0. The predicted molar refractivity (Wildman–Crippen MR) is 136 cm³/mol. The number of carbonyl (C=O) groups excluding carboxylic acids is 4. The molecule has 1 aromatic heterocycles. The molecule has 0 aliphatic carbocycles. The van der Waals surface area contributed by atoms with E-state index in [0.717, 1.165) is 4.90 Å². The van der Waals surface area contributed by atoms with Gasteiger partial charge in [0.25, 0.3) is 11.1 Å². The van der Waals surface area contributed by atoms with E-state index >= 15 is 0 Å². The Bertz CT molecular complexity index is 1130. The average molecular weight is 563 g/mol. The minimum absolute atomic E-state index is 0.0249. The number of urea groups is 1. The minimum atomic E-state index is -0.459. The summed E-state index contributed by atoms with van der Waals surface area (Å²) in [6, 6.07) is 6.27. The van der Waals surface area contributed by atoms with Crippen molar-refractivity contribution in [2.45, 2.75) is 18.9 Å². The lowest BCUT2D eigenvalue weighted by molar-refractivity contribution is -0.121. The third-order valence-electron chi connectivity index (χ3n) is 5.09. The van der Waals surface area contributed by atoms with Crippen molar-refractivity contribution in [2.75, 3.05) is 40.9 Å². The molecule has 0 unspecified atom stereocenters. The second kappa shape index (κ2) is 11.4. The summed E-state index contributed by atoms with van der Waals surface area (Å²) in [4.78, 5) is 56.8. The first-order chi connectivity index (χ1) is 16.9. The molecule has 0 bridgehead atoms. The molecule has 14 heteroatoms. The van der Waals surface area contributed by atoms with E-state index in [2.05, 4.69) is 52.5 Å². The van der Waals surface area contributed by atoms with Gasteiger partial charge in [-0.25, -0.2) is 14.7 Å². The first-order valence-corrected chi connectivity index (χ1v) is 12.6. The predicted octanol–water partition coefficient (Wildman–Crippen LogP) is 2.17. The molecule has 2 aliphatic rings. The van der Waals surface area contributed by atoms with Crippen molar-refractivity contribution in [3.8, 4) is 0 Å². The number of thioether (sulfide) groups is 1. The van der Waals surface area contributed by atoms with E-state index in [-0.39, 0.29) is 36.1 Å². The number of benzene rings is 1. The Labute approximate surface area is 213 Å². The Hall–Kier alpha value is -3.39. The van der Waals surface area contributed by atoms with Crippen LogP contribution in [0.3, 0.4) is 0 Å². The van der Waals surface area contributed by atoms with E-state index < -0.39 is 6.03 Å². The molecule has 2 aliphatic heterocycles. The average Bonchev–Trinajstić information content (AvgIpc) is 3.39. The van der Waals surface area contributed by atoms with Gasteiger partial charge in [-0.2, -0.15) is 4.98 Å². The normalized spacial score (nSPS) is 17.2. The van der Waals surface area contributed by atoms with Gasteiger partial charge in [0.2, 0.25) is 11.9 Å². The van der Waals surface area contributed by atoms with Gasteiger partial charge in [0.15, 0.2) is 0 Å². The molecule has 4 rings (SSSR count). The Morgan fingerprint density at radius 1 is 1.26 bits per heavy atom. The SMILES string of the molecule is O=C(C[C@@H]1CSC(=O)N1)NCCCNc1nc(Nc2cccc(N3C(=O)CNC3=O)c2)ncc1Br. The van der Waals surface area contributed by atoms with Crippen LogP contribution in [0.25, 0.3) is 0 Å². The second-order valence-electron chi connectivity index (χ2n) is 7.73. The lowest BCUT2D eigenvalue weighted by Gasteiger charge is -2.14. The zero-order valence-electron chi connectivity index (χ0n) is 18.5. The zero-order chi connectivity index (χ0) is 24.8. The smallest absolute Gasteiger partial charge is 0.329 e. The lowest BCUT2D eigenvalue weighted by atomic mass is 10.2. The molecule has 0 radical (unpaired) electrons. The number of nitrogens with zero attached hydrogens (tertiary/aromatic N) is 3. The molecule has 2 saturated heterocycles. The van der Waals surface area contributed by atoms with Gasteiger partial charge in [-0.05, 0) is 40.5 Å². The highest BCUT2D eigenvalue weighted by atomic mass is 79.9. The van der Waals surface area contributed by atoms with E-state index in [0.29, 0.717) is 52.9 Å². The van der Waals surface area contributed by atoms with Crippen LogP contribution in [-0.4, -0.2) is 64.5 Å². The van der Waals surface area contributed by atoms with E-state index in [1.165, 1.54) is 11.8 Å². The number of rotatable bonds is 10. The molecule has 1 aromatic carbocycles. The summed E-state index contributed by atoms with van der Waals surface area (Å²) in [6.07, 6.45) is 2.55. The molecule has 2 fully saturated rings. The fraction of sp³-hybridized carbons (Fsp3) is 0.333. The van der Waals surface area contributed by atoms with Crippen LogP contribution in [0.2, 0.25) is 0 Å². The van der Waals surface area contributed by atoms with Crippen molar-refractivity contribution in [3.63, 3.8) is 0 Å². The van der Waals surface area contributed by atoms with Crippen LogP contribution in [0.4, 0.5) is 32.7 Å². The molecular weight excluding hydrogens is 540 g/mol. The van der Waals surface area contributed by atoms with Crippen molar-refractivity contribution in [3.05, 3.63) is 34.9 Å².